The zero-order chi connectivity index (χ0) is 25.9. The first-order valence-corrected chi connectivity index (χ1v) is 12.4. The summed E-state index contributed by atoms with van der Waals surface area (Å²) >= 11 is 30.1. The fourth-order valence-corrected chi connectivity index (χ4v) is 4.63. The average Bonchev–Trinajstić information content (AvgIpc) is 3.07. The number of rotatable bonds is 9. The van der Waals surface area contributed by atoms with E-state index in [2.05, 4.69) is 5.32 Å². The molecule has 0 bridgehead atoms. The molecule has 1 heterocycles. The number of benzene rings is 2. The van der Waals surface area contributed by atoms with Crippen LogP contribution in [0.15, 0.2) is 18.2 Å². The van der Waals surface area contributed by atoms with Crippen LogP contribution in [0.1, 0.15) is 52.0 Å². The molecule has 0 aromatic heterocycles. The van der Waals surface area contributed by atoms with E-state index >= 15 is 0 Å². The third kappa shape index (κ3) is 6.22. The van der Waals surface area contributed by atoms with Crippen molar-refractivity contribution >= 4 is 87.4 Å². The number of carbonyl (C=O) groups is 4. The highest BCUT2D eigenvalue weighted by molar-refractivity contribution is 6.55. The van der Waals surface area contributed by atoms with Crippen molar-refractivity contribution in [2.45, 2.75) is 32.6 Å². The molecule has 0 aliphatic carbocycles. The highest BCUT2D eigenvalue weighted by Crippen LogP contribution is 2.44. The largest absolute Gasteiger partial charge is 0.456 e. The van der Waals surface area contributed by atoms with Crippen LogP contribution in [0.5, 0.6) is 0 Å². The van der Waals surface area contributed by atoms with Gasteiger partial charge >= 0.3 is 5.97 Å². The maximum Gasteiger partial charge on any atom is 0.306 e. The first-order valence-electron chi connectivity index (χ1n) is 10.5. The maximum atomic E-state index is 12.7. The molecule has 7 nitrogen and oxygen atoms in total. The Bertz CT molecular complexity index is 1170. The second kappa shape index (κ2) is 11.8. The van der Waals surface area contributed by atoms with E-state index in [0.29, 0.717) is 30.0 Å². The summed E-state index contributed by atoms with van der Waals surface area (Å²) in [4.78, 5) is 50.3. The van der Waals surface area contributed by atoms with Crippen LogP contribution in [0.4, 0.5) is 5.69 Å². The number of aryl methyl sites for hydroxylation is 1. The van der Waals surface area contributed by atoms with E-state index in [-0.39, 0.29) is 44.2 Å². The van der Waals surface area contributed by atoms with E-state index in [9.17, 15) is 19.2 Å². The summed E-state index contributed by atoms with van der Waals surface area (Å²) in [6, 6.07) is 5.08. The van der Waals surface area contributed by atoms with Crippen LogP contribution in [0.25, 0.3) is 0 Å². The highest BCUT2D eigenvalue weighted by Gasteiger charge is 2.41. The minimum Gasteiger partial charge on any atom is -0.456 e. The van der Waals surface area contributed by atoms with Crippen molar-refractivity contribution in [1.29, 1.82) is 0 Å². The summed E-state index contributed by atoms with van der Waals surface area (Å²) in [5.41, 5.74) is 1.23. The highest BCUT2D eigenvalue weighted by atomic mass is 35.5. The van der Waals surface area contributed by atoms with Gasteiger partial charge in [0.15, 0.2) is 6.61 Å². The SMILES string of the molecule is Cc1ccc(Cl)cc1NC(=O)COC(=O)CCCCCN1C(=O)c2c(Cl)c(Cl)c(Cl)c(Cl)c2C1=O. The van der Waals surface area contributed by atoms with Crippen LogP contribution in [0.2, 0.25) is 25.1 Å². The van der Waals surface area contributed by atoms with E-state index in [1.54, 1.807) is 18.2 Å². The molecule has 0 saturated heterocycles. The van der Waals surface area contributed by atoms with Gasteiger partial charge in [-0.3, -0.25) is 24.1 Å². The fraction of sp³-hybridized carbons (Fsp3) is 0.304. The van der Waals surface area contributed by atoms with E-state index in [4.69, 9.17) is 62.7 Å². The number of esters is 1. The van der Waals surface area contributed by atoms with Gasteiger partial charge in [-0.05, 0) is 37.5 Å². The quantitative estimate of drug-likeness (QED) is 0.119. The van der Waals surface area contributed by atoms with Crippen molar-refractivity contribution < 1.29 is 23.9 Å². The van der Waals surface area contributed by atoms with Gasteiger partial charge < -0.3 is 10.1 Å². The minimum atomic E-state index is -0.601. The van der Waals surface area contributed by atoms with Crippen LogP contribution in [0, 0.1) is 6.92 Å². The standard InChI is InChI=1S/C23H19Cl5N2O5/c1-11-6-7-12(24)9-13(11)29-14(31)10-35-15(32)5-3-2-4-8-30-22(33)16-17(23(30)34)19(26)21(28)20(27)18(16)25/h6-7,9H,2-5,8,10H2,1H3,(H,29,31). The zero-order valence-corrected chi connectivity index (χ0v) is 22.1. The van der Waals surface area contributed by atoms with Crippen LogP contribution < -0.4 is 5.32 Å². The van der Waals surface area contributed by atoms with Gasteiger partial charge in [0, 0.05) is 23.7 Å². The number of amides is 3. The molecule has 35 heavy (non-hydrogen) atoms. The molecule has 1 aliphatic rings. The Morgan fingerprint density at radius 1 is 0.886 bits per heavy atom. The predicted octanol–water partition coefficient (Wildman–Crippen LogP) is 6.60. The zero-order valence-electron chi connectivity index (χ0n) is 18.4. The molecule has 0 fully saturated rings. The third-order valence-electron chi connectivity index (χ3n) is 5.29. The smallest absolute Gasteiger partial charge is 0.306 e. The van der Waals surface area contributed by atoms with Gasteiger partial charge in [-0.25, -0.2) is 0 Å². The molecule has 0 radical (unpaired) electrons. The number of halogens is 5. The Balaban J connectivity index is 1.41. The lowest BCUT2D eigenvalue weighted by Gasteiger charge is -2.13. The molecule has 0 atom stereocenters. The third-order valence-corrected chi connectivity index (χ3v) is 7.32. The van der Waals surface area contributed by atoms with Crippen molar-refractivity contribution in [2.75, 3.05) is 18.5 Å². The second-order valence-electron chi connectivity index (χ2n) is 7.75. The van der Waals surface area contributed by atoms with Gasteiger partial charge in [0.2, 0.25) is 0 Å². The number of nitrogens with zero attached hydrogens (tertiary/aromatic N) is 1. The molecular weight excluding hydrogens is 562 g/mol. The van der Waals surface area contributed by atoms with E-state index in [1.807, 2.05) is 6.92 Å². The summed E-state index contributed by atoms with van der Waals surface area (Å²) < 4.78 is 4.99. The lowest BCUT2D eigenvalue weighted by Crippen LogP contribution is -2.30. The van der Waals surface area contributed by atoms with Crippen molar-refractivity contribution in [3.63, 3.8) is 0 Å². The van der Waals surface area contributed by atoms with Crippen molar-refractivity contribution in [1.82, 2.24) is 4.90 Å². The molecule has 0 spiro atoms. The second-order valence-corrected chi connectivity index (χ2v) is 9.69. The number of imide groups is 1. The van der Waals surface area contributed by atoms with Crippen molar-refractivity contribution in [2.24, 2.45) is 0 Å². The number of ether oxygens (including phenoxy) is 1. The first kappa shape index (κ1) is 27.6. The first-order chi connectivity index (χ1) is 16.5. The topological polar surface area (TPSA) is 92.8 Å². The lowest BCUT2D eigenvalue weighted by atomic mass is 10.1. The number of fused-ring (bicyclic) bond motifs is 1. The Morgan fingerprint density at radius 2 is 1.49 bits per heavy atom. The van der Waals surface area contributed by atoms with Crippen molar-refractivity contribution in [3.05, 3.63) is 60.0 Å². The number of carbonyl (C=O) groups excluding carboxylic acids is 4. The van der Waals surface area contributed by atoms with E-state index in [1.165, 1.54) is 0 Å². The Hall–Kier alpha value is -2.03. The summed E-state index contributed by atoms with van der Waals surface area (Å²) in [6.07, 6.45) is 1.48. The molecule has 0 saturated carbocycles. The molecule has 3 amide bonds. The van der Waals surface area contributed by atoms with Gasteiger partial charge in [0.05, 0.1) is 31.2 Å². The Labute approximate surface area is 226 Å². The van der Waals surface area contributed by atoms with Crippen LogP contribution in [-0.4, -0.2) is 41.7 Å². The number of nitrogens with one attached hydrogen (secondary N) is 1. The van der Waals surface area contributed by atoms with E-state index < -0.39 is 30.3 Å². The average molecular weight is 581 g/mol. The lowest BCUT2D eigenvalue weighted by molar-refractivity contribution is -0.147. The molecule has 1 N–H and O–H groups in total. The molecule has 1 aliphatic heterocycles. The predicted molar refractivity (Wildman–Crippen MR) is 136 cm³/mol. The number of hydrogen-bond acceptors (Lipinski definition) is 5. The van der Waals surface area contributed by atoms with E-state index in [0.717, 1.165) is 10.5 Å². The van der Waals surface area contributed by atoms with Gasteiger partial charge in [0.1, 0.15) is 0 Å². The molecule has 0 unspecified atom stereocenters. The Kier molecular flexibility index (Phi) is 9.29. The normalized spacial score (nSPS) is 12.7. The molecule has 2 aromatic rings. The molecule has 12 heteroatoms. The minimum absolute atomic E-state index is 0.0640. The molecule has 186 valence electrons. The van der Waals surface area contributed by atoms with Crippen molar-refractivity contribution in [3.8, 4) is 0 Å². The Morgan fingerprint density at radius 3 is 2.09 bits per heavy atom. The summed E-state index contributed by atoms with van der Waals surface area (Å²) in [6.45, 7) is 1.49. The summed E-state index contributed by atoms with van der Waals surface area (Å²) in [5.74, 6) is -2.22. The van der Waals surface area contributed by atoms with Gasteiger partial charge in [-0.1, -0.05) is 70.5 Å². The monoisotopic (exact) mass is 578 g/mol. The van der Waals surface area contributed by atoms with Crippen LogP contribution in [0.3, 0.4) is 0 Å². The molecule has 2 aromatic carbocycles. The van der Waals surface area contributed by atoms with Crippen LogP contribution in [-0.2, 0) is 14.3 Å². The van der Waals surface area contributed by atoms with Gasteiger partial charge in [0.25, 0.3) is 17.7 Å². The van der Waals surface area contributed by atoms with Gasteiger partial charge in [-0.15, -0.1) is 0 Å². The number of unbranched alkanes of at least 4 members (excludes halogenated alkanes) is 2. The number of anilines is 1. The summed E-state index contributed by atoms with van der Waals surface area (Å²) in [7, 11) is 0. The van der Waals surface area contributed by atoms with Gasteiger partial charge in [-0.2, -0.15) is 0 Å². The molecular formula is C23H19Cl5N2O5. The number of hydrogen-bond donors (Lipinski definition) is 1. The van der Waals surface area contributed by atoms with Crippen LogP contribution >= 0.6 is 58.0 Å². The summed E-state index contributed by atoms with van der Waals surface area (Å²) in [5, 5.41) is 2.71. The fourth-order valence-electron chi connectivity index (χ4n) is 3.45. The maximum absolute atomic E-state index is 12.7. The molecule has 3 rings (SSSR count).